The number of carbonyl (C=O) groups is 3. The zero-order valence-electron chi connectivity index (χ0n) is 14.0. The van der Waals surface area contributed by atoms with Crippen LogP contribution in [-0.2, 0) is 28.6 Å². The molecule has 3 atom stereocenters. The van der Waals surface area contributed by atoms with Gasteiger partial charge in [-0.15, -0.1) is 0 Å². The van der Waals surface area contributed by atoms with E-state index in [1.165, 1.54) is 6.92 Å². The van der Waals surface area contributed by atoms with E-state index in [-0.39, 0.29) is 25.6 Å². The van der Waals surface area contributed by atoms with Crippen molar-refractivity contribution in [3.8, 4) is 0 Å². The van der Waals surface area contributed by atoms with E-state index in [4.69, 9.17) is 14.2 Å². The number of ether oxygens (including phenoxy) is 3. The van der Waals surface area contributed by atoms with Crippen LogP contribution in [0.1, 0.15) is 27.2 Å². The normalized spacial score (nSPS) is 28.7. The number of aldehydes is 1. The maximum absolute atomic E-state index is 12.2. The lowest BCUT2D eigenvalue weighted by Crippen LogP contribution is -2.54. The predicted octanol–water partition coefficient (Wildman–Crippen LogP) is 0.908. The Morgan fingerprint density at radius 1 is 1.46 bits per heavy atom. The summed E-state index contributed by atoms with van der Waals surface area (Å²) < 4.78 is 16.0. The third-order valence-corrected chi connectivity index (χ3v) is 3.98. The molecule has 1 saturated heterocycles. The average molecular weight is 338 g/mol. The van der Waals surface area contributed by atoms with Crippen molar-refractivity contribution in [1.82, 2.24) is 0 Å². The smallest absolute Gasteiger partial charge is 0.307 e. The number of allylic oxidation sites excluding steroid dienone is 2. The summed E-state index contributed by atoms with van der Waals surface area (Å²) in [5.41, 5.74) is -0.519. The average Bonchev–Trinajstić information content (AvgIpc) is 2.93. The predicted molar refractivity (Wildman–Crippen MR) is 82.6 cm³/mol. The highest BCUT2D eigenvalue weighted by molar-refractivity contribution is 5.79. The third kappa shape index (κ3) is 3.73. The fraction of sp³-hybridized carbons (Fsp3) is 0.588. The van der Waals surface area contributed by atoms with Crippen LogP contribution in [0, 0.1) is 11.8 Å². The molecule has 2 rings (SSSR count). The molecular weight excluding hydrogens is 316 g/mol. The maximum Gasteiger partial charge on any atom is 0.307 e. The molecule has 0 unspecified atom stereocenters. The summed E-state index contributed by atoms with van der Waals surface area (Å²) in [6.07, 6.45) is 2.76. The van der Waals surface area contributed by atoms with Gasteiger partial charge < -0.3 is 19.3 Å². The summed E-state index contributed by atoms with van der Waals surface area (Å²) in [4.78, 5) is 34.6. The first kappa shape index (κ1) is 18.4. The van der Waals surface area contributed by atoms with Crippen molar-refractivity contribution in [2.75, 3.05) is 13.2 Å². The number of rotatable bonds is 6. The quantitative estimate of drug-likeness (QED) is 0.567. The Morgan fingerprint density at radius 2 is 2.17 bits per heavy atom. The topological polar surface area (TPSA) is 99.1 Å². The molecule has 1 heterocycles. The molecule has 0 bridgehead atoms. The van der Waals surface area contributed by atoms with Crippen LogP contribution in [0.2, 0.25) is 0 Å². The fourth-order valence-electron chi connectivity index (χ4n) is 2.89. The zero-order chi connectivity index (χ0) is 17.9. The van der Waals surface area contributed by atoms with E-state index >= 15 is 0 Å². The number of aliphatic hydroxyl groups is 1. The first-order chi connectivity index (χ1) is 11.3. The van der Waals surface area contributed by atoms with Crippen LogP contribution in [0.15, 0.2) is 23.3 Å². The lowest BCUT2D eigenvalue weighted by atomic mass is 9.81. The van der Waals surface area contributed by atoms with E-state index in [2.05, 4.69) is 0 Å². The summed E-state index contributed by atoms with van der Waals surface area (Å²) in [5, 5.41) is 10.1. The molecule has 1 aliphatic carbocycles. The largest absolute Gasteiger partial charge is 0.461 e. The molecule has 1 N–H and O–H groups in total. The highest BCUT2D eigenvalue weighted by atomic mass is 16.6. The number of esters is 2. The van der Waals surface area contributed by atoms with E-state index in [1.54, 1.807) is 12.2 Å². The first-order valence-electron chi connectivity index (χ1n) is 7.81. The van der Waals surface area contributed by atoms with Crippen molar-refractivity contribution in [2.45, 2.75) is 39.1 Å². The van der Waals surface area contributed by atoms with Gasteiger partial charge >= 0.3 is 11.9 Å². The van der Waals surface area contributed by atoms with Gasteiger partial charge in [0.15, 0.2) is 11.9 Å². The summed E-state index contributed by atoms with van der Waals surface area (Å²) in [5.74, 6) is -1.63. The molecule has 24 heavy (non-hydrogen) atoms. The zero-order valence-corrected chi connectivity index (χ0v) is 14.0. The van der Waals surface area contributed by atoms with Crippen molar-refractivity contribution in [1.29, 1.82) is 0 Å². The number of carbonyl (C=O) groups excluding carboxylic acids is 3. The molecule has 1 aliphatic heterocycles. The minimum Gasteiger partial charge on any atom is -0.461 e. The fourth-order valence-corrected chi connectivity index (χ4v) is 2.89. The number of hydrogen-bond donors (Lipinski definition) is 1. The van der Waals surface area contributed by atoms with Gasteiger partial charge in [0.05, 0.1) is 12.5 Å². The van der Waals surface area contributed by atoms with Crippen LogP contribution in [0.5, 0.6) is 0 Å². The van der Waals surface area contributed by atoms with Gasteiger partial charge in [0.25, 0.3) is 0 Å². The Hall–Kier alpha value is -1.99. The van der Waals surface area contributed by atoms with Crippen molar-refractivity contribution < 1.29 is 33.7 Å². The molecule has 0 aromatic rings. The number of fused-ring (bicyclic) bond motifs is 1. The summed E-state index contributed by atoms with van der Waals surface area (Å²) >= 11 is 0. The van der Waals surface area contributed by atoms with Gasteiger partial charge in [-0.25, -0.2) is 0 Å². The minimum atomic E-state index is -1.34. The highest BCUT2D eigenvalue weighted by Crippen LogP contribution is 2.43. The SMILES string of the molecule is CC(=O)OC[C@@]1(OC(=O)CC(C)C)CO[C@@H](O)[C@H]2C(C=O)=CC=C21. The number of aliphatic hydroxyl groups excluding tert-OH is 1. The number of hydrogen-bond acceptors (Lipinski definition) is 7. The van der Waals surface area contributed by atoms with E-state index in [9.17, 15) is 19.5 Å². The van der Waals surface area contributed by atoms with Crippen LogP contribution in [-0.4, -0.2) is 48.4 Å². The molecule has 0 amide bonds. The van der Waals surface area contributed by atoms with Crippen LogP contribution >= 0.6 is 0 Å². The molecule has 1 fully saturated rings. The van der Waals surface area contributed by atoms with Crippen molar-refractivity contribution in [3.05, 3.63) is 23.3 Å². The Kier molecular flexibility index (Phi) is 5.56. The lowest BCUT2D eigenvalue weighted by Gasteiger charge is -2.42. The molecular formula is C17H22O7. The minimum absolute atomic E-state index is 0.0930. The summed E-state index contributed by atoms with van der Waals surface area (Å²) in [7, 11) is 0. The van der Waals surface area contributed by atoms with Gasteiger partial charge in [-0.1, -0.05) is 26.0 Å². The van der Waals surface area contributed by atoms with Crippen molar-refractivity contribution in [2.24, 2.45) is 11.8 Å². The van der Waals surface area contributed by atoms with Gasteiger partial charge in [0.2, 0.25) is 0 Å². The third-order valence-electron chi connectivity index (χ3n) is 3.98. The maximum atomic E-state index is 12.2. The summed E-state index contributed by atoms with van der Waals surface area (Å²) in [6, 6.07) is 0. The van der Waals surface area contributed by atoms with Crippen LogP contribution in [0.25, 0.3) is 0 Å². The second kappa shape index (κ2) is 7.27. The molecule has 0 spiro atoms. The monoisotopic (exact) mass is 338 g/mol. The van der Waals surface area contributed by atoms with Gasteiger partial charge in [0, 0.05) is 18.9 Å². The molecule has 7 heteroatoms. The van der Waals surface area contributed by atoms with Crippen LogP contribution in [0.3, 0.4) is 0 Å². The van der Waals surface area contributed by atoms with Gasteiger partial charge in [0.1, 0.15) is 12.9 Å². The first-order valence-corrected chi connectivity index (χ1v) is 7.81. The Bertz CT molecular complexity index is 590. The Balaban J connectivity index is 2.30. The molecule has 0 saturated carbocycles. The second-order valence-electron chi connectivity index (χ2n) is 6.43. The Labute approximate surface area is 140 Å². The summed E-state index contributed by atoms with van der Waals surface area (Å²) in [6.45, 7) is 4.61. The molecule has 7 nitrogen and oxygen atoms in total. The van der Waals surface area contributed by atoms with Gasteiger partial charge in [-0.05, 0) is 11.5 Å². The molecule has 0 aromatic heterocycles. The van der Waals surface area contributed by atoms with E-state index < -0.39 is 29.7 Å². The molecule has 0 radical (unpaired) electrons. The standard InChI is InChI=1S/C17H22O7/c1-10(2)6-14(20)24-17(8-22-11(3)19)9-23-16(21)15-12(7-18)4-5-13(15)17/h4-5,7,10,15-16,21H,6,8-9H2,1-3H3/t15-,16+,17+/m0/s1. The van der Waals surface area contributed by atoms with Gasteiger partial charge in [-0.3, -0.25) is 14.4 Å². The second-order valence-corrected chi connectivity index (χ2v) is 6.43. The lowest BCUT2D eigenvalue weighted by molar-refractivity contribution is -0.214. The van der Waals surface area contributed by atoms with E-state index in [0.717, 1.165) is 0 Å². The Morgan fingerprint density at radius 3 is 2.75 bits per heavy atom. The van der Waals surface area contributed by atoms with Crippen molar-refractivity contribution >= 4 is 18.2 Å². The highest BCUT2D eigenvalue weighted by Gasteiger charge is 2.52. The van der Waals surface area contributed by atoms with E-state index in [1.807, 2.05) is 13.8 Å². The molecule has 0 aromatic carbocycles. The van der Waals surface area contributed by atoms with Crippen molar-refractivity contribution in [3.63, 3.8) is 0 Å². The molecule has 132 valence electrons. The molecule has 2 aliphatic rings. The van der Waals surface area contributed by atoms with Crippen LogP contribution < -0.4 is 0 Å². The van der Waals surface area contributed by atoms with E-state index in [0.29, 0.717) is 17.4 Å². The van der Waals surface area contributed by atoms with Gasteiger partial charge in [-0.2, -0.15) is 0 Å². The van der Waals surface area contributed by atoms with Crippen LogP contribution in [0.4, 0.5) is 0 Å².